The maximum Gasteiger partial charge on any atom is 0.271 e. The molecule has 2 aromatic rings. The molecule has 1 heterocycles. The summed E-state index contributed by atoms with van der Waals surface area (Å²) < 4.78 is 0. The summed E-state index contributed by atoms with van der Waals surface area (Å²) in [7, 11) is 0. The van der Waals surface area contributed by atoms with Crippen molar-refractivity contribution in [2.45, 2.75) is 25.3 Å². The Morgan fingerprint density at radius 2 is 2.17 bits per heavy atom. The maximum atomic E-state index is 10.9. The van der Waals surface area contributed by atoms with Crippen molar-refractivity contribution in [2.24, 2.45) is 0 Å². The first-order valence-electron chi connectivity index (χ1n) is 7.48. The normalized spacial score (nSPS) is 13.8. The fourth-order valence-corrected chi connectivity index (χ4v) is 3.24. The third kappa shape index (κ3) is 3.96. The summed E-state index contributed by atoms with van der Waals surface area (Å²) in [5, 5.41) is 29.3. The van der Waals surface area contributed by atoms with Gasteiger partial charge in [-0.05, 0) is 18.9 Å². The van der Waals surface area contributed by atoms with Crippen molar-refractivity contribution in [3.8, 4) is 0 Å². The van der Waals surface area contributed by atoms with Gasteiger partial charge in [0.15, 0.2) is 0 Å². The maximum absolute atomic E-state index is 10.9. The smallest absolute Gasteiger partial charge is 0.271 e. The number of anilines is 2. The van der Waals surface area contributed by atoms with Crippen molar-refractivity contribution < 1.29 is 10.0 Å². The van der Waals surface area contributed by atoms with Gasteiger partial charge in [0.05, 0.1) is 40.2 Å². The zero-order valence-corrected chi connectivity index (χ0v) is 13.3. The van der Waals surface area contributed by atoms with E-state index in [4.69, 9.17) is 5.11 Å². The molecule has 1 aromatic carbocycles. The number of nitro groups is 1. The molecular weight excluding hydrogens is 316 g/mol. The molecule has 23 heavy (non-hydrogen) atoms. The number of nitrogens with zero attached hydrogens (tertiary/aromatic N) is 2. The molecule has 0 unspecified atom stereocenters. The van der Waals surface area contributed by atoms with E-state index in [1.54, 1.807) is 17.4 Å². The Kier molecular flexibility index (Phi) is 4.73. The lowest BCUT2D eigenvalue weighted by Crippen LogP contribution is -2.09. The van der Waals surface area contributed by atoms with E-state index < -0.39 is 4.92 Å². The van der Waals surface area contributed by atoms with Gasteiger partial charge >= 0.3 is 0 Å². The van der Waals surface area contributed by atoms with Crippen LogP contribution in [0.25, 0.3) is 0 Å². The minimum atomic E-state index is -0.422. The van der Waals surface area contributed by atoms with Crippen LogP contribution in [0.15, 0.2) is 23.6 Å². The first-order chi connectivity index (χ1) is 11.2. The molecule has 1 saturated carbocycles. The minimum absolute atomic E-state index is 0.00668. The first-order valence-corrected chi connectivity index (χ1v) is 8.36. The molecule has 0 radical (unpaired) electrons. The quantitative estimate of drug-likeness (QED) is 0.507. The van der Waals surface area contributed by atoms with Crippen LogP contribution in [-0.2, 0) is 6.54 Å². The van der Waals surface area contributed by atoms with Gasteiger partial charge in [-0.3, -0.25) is 10.1 Å². The molecule has 7 nitrogen and oxygen atoms in total. The standard InChI is InChI=1S/C15H18N4O3S/c20-6-5-16-13-4-3-12(19(21)22)7-14(13)17-8-11-9-23-15(18-11)10-1-2-10/h3-4,7,9-10,16-17,20H,1-2,5-6,8H2. The number of benzene rings is 1. The van der Waals surface area contributed by atoms with Gasteiger partial charge < -0.3 is 15.7 Å². The van der Waals surface area contributed by atoms with Crippen molar-refractivity contribution in [1.82, 2.24) is 4.98 Å². The van der Waals surface area contributed by atoms with Crippen LogP contribution in [0.2, 0.25) is 0 Å². The van der Waals surface area contributed by atoms with Crippen LogP contribution in [0.1, 0.15) is 29.5 Å². The summed E-state index contributed by atoms with van der Waals surface area (Å²) in [5.74, 6) is 0.633. The average Bonchev–Trinajstić information content (AvgIpc) is 3.30. The summed E-state index contributed by atoms with van der Waals surface area (Å²) in [5.41, 5.74) is 2.33. The third-order valence-corrected chi connectivity index (χ3v) is 4.65. The number of aliphatic hydroxyl groups is 1. The van der Waals surface area contributed by atoms with E-state index in [0.717, 1.165) is 11.4 Å². The highest BCUT2D eigenvalue weighted by molar-refractivity contribution is 7.09. The third-order valence-electron chi connectivity index (χ3n) is 3.60. The molecule has 0 atom stereocenters. The Labute approximate surface area is 137 Å². The number of aromatic nitrogens is 1. The summed E-state index contributed by atoms with van der Waals surface area (Å²) in [6.07, 6.45) is 2.45. The van der Waals surface area contributed by atoms with Crippen molar-refractivity contribution in [1.29, 1.82) is 0 Å². The number of nitro benzene ring substituents is 1. The van der Waals surface area contributed by atoms with E-state index in [-0.39, 0.29) is 12.3 Å². The van der Waals surface area contributed by atoms with Gasteiger partial charge in [-0.15, -0.1) is 11.3 Å². The molecule has 0 amide bonds. The fourth-order valence-electron chi connectivity index (χ4n) is 2.24. The fraction of sp³-hybridized carbons (Fsp3) is 0.400. The zero-order valence-electron chi connectivity index (χ0n) is 12.5. The van der Waals surface area contributed by atoms with E-state index in [1.165, 1.54) is 30.0 Å². The minimum Gasteiger partial charge on any atom is -0.395 e. The van der Waals surface area contributed by atoms with Crippen molar-refractivity contribution in [2.75, 3.05) is 23.8 Å². The summed E-state index contributed by atoms with van der Waals surface area (Å²) >= 11 is 1.67. The lowest BCUT2D eigenvalue weighted by atomic mass is 10.2. The molecule has 122 valence electrons. The van der Waals surface area contributed by atoms with Crippen LogP contribution in [0.4, 0.5) is 17.1 Å². The predicted molar refractivity (Wildman–Crippen MR) is 90.1 cm³/mol. The van der Waals surface area contributed by atoms with Crippen LogP contribution in [0.5, 0.6) is 0 Å². The molecule has 0 spiro atoms. The SMILES string of the molecule is O=[N+]([O-])c1ccc(NCCO)c(NCc2csc(C3CC3)n2)c1. The molecule has 3 rings (SSSR count). The highest BCUT2D eigenvalue weighted by Crippen LogP contribution is 2.41. The Morgan fingerprint density at radius 1 is 1.35 bits per heavy atom. The largest absolute Gasteiger partial charge is 0.395 e. The number of hydrogen-bond acceptors (Lipinski definition) is 7. The lowest BCUT2D eigenvalue weighted by Gasteiger charge is -2.12. The average molecular weight is 334 g/mol. The molecule has 3 N–H and O–H groups in total. The van der Waals surface area contributed by atoms with Gasteiger partial charge in [0, 0.05) is 30.0 Å². The highest BCUT2D eigenvalue weighted by Gasteiger charge is 2.26. The Bertz CT molecular complexity index is 700. The van der Waals surface area contributed by atoms with Gasteiger partial charge in [-0.1, -0.05) is 0 Å². The first kappa shape index (κ1) is 15.7. The second kappa shape index (κ2) is 6.93. The number of nitrogens with one attached hydrogen (secondary N) is 2. The monoisotopic (exact) mass is 334 g/mol. The Hall–Kier alpha value is -2.19. The van der Waals surface area contributed by atoms with Crippen LogP contribution < -0.4 is 10.6 Å². The molecule has 0 saturated heterocycles. The van der Waals surface area contributed by atoms with Gasteiger partial charge in [-0.2, -0.15) is 0 Å². The summed E-state index contributed by atoms with van der Waals surface area (Å²) in [4.78, 5) is 15.1. The number of non-ortho nitro benzene ring substituents is 1. The molecule has 1 fully saturated rings. The Morgan fingerprint density at radius 3 is 2.87 bits per heavy atom. The zero-order chi connectivity index (χ0) is 16.2. The number of rotatable bonds is 8. The topological polar surface area (TPSA) is 100 Å². The van der Waals surface area contributed by atoms with E-state index in [9.17, 15) is 10.1 Å². The van der Waals surface area contributed by atoms with E-state index in [0.29, 0.717) is 24.7 Å². The number of hydrogen-bond donors (Lipinski definition) is 3. The van der Waals surface area contributed by atoms with Gasteiger partial charge in [-0.25, -0.2) is 4.98 Å². The second-order valence-electron chi connectivity index (χ2n) is 5.44. The molecule has 1 aliphatic rings. The van der Waals surface area contributed by atoms with E-state index >= 15 is 0 Å². The predicted octanol–water partition coefficient (Wildman–Crippen LogP) is 2.95. The molecular formula is C15H18N4O3S. The van der Waals surface area contributed by atoms with Crippen LogP contribution >= 0.6 is 11.3 Å². The van der Waals surface area contributed by atoms with E-state index in [2.05, 4.69) is 15.6 Å². The lowest BCUT2D eigenvalue weighted by molar-refractivity contribution is -0.384. The number of thiazole rings is 1. The summed E-state index contributed by atoms with van der Waals surface area (Å²) in [6, 6.07) is 4.58. The van der Waals surface area contributed by atoms with Crippen molar-refractivity contribution in [3.05, 3.63) is 44.4 Å². The van der Waals surface area contributed by atoms with Crippen molar-refractivity contribution in [3.63, 3.8) is 0 Å². The van der Waals surface area contributed by atoms with Crippen LogP contribution in [-0.4, -0.2) is 28.2 Å². The molecule has 1 aliphatic carbocycles. The highest BCUT2D eigenvalue weighted by atomic mass is 32.1. The Balaban J connectivity index is 1.72. The molecule has 8 heteroatoms. The van der Waals surface area contributed by atoms with Crippen molar-refractivity contribution >= 4 is 28.4 Å². The second-order valence-corrected chi connectivity index (χ2v) is 6.33. The van der Waals surface area contributed by atoms with Crippen LogP contribution in [0.3, 0.4) is 0 Å². The molecule has 1 aromatic heterocycles. The van der Waals surface area contributed by atoms with Gasteiger partial charge in [0.25, 0.3) is 5.69 Å². The van der Waals surface area contributed by atoms with Gasteiger partial charge in [0.2, 0.25) is 0 Å². The molecule has 0 bridgehead atoms. The van der Waals surface area contributed by atoms with E-state index in [1.807, 2.05) is 5.38 Å². The van der Waals surface area contributed by atoms with Crippen LogP contribution in [0, 0.1) is 10.1 Å². The number of aliphatic hydroxyl groups excluding tert-OH is 1. The summed E-state index contributed by atoms with van der Waals surface area (Å²) in [6.45, 7) is 0.889. The molecule has 0 aliphatic heterocycles. The van der Waals surface area contributed by atoms with Gasteiger partial charge in [0.1, 0.15) is 0 Å².